The van der Waals surface area contributed by atoms with Crippen LogP contribution in [0.2, 0.25) is 0 Å². The molecule has 0 aromatic rings. The zero-order valence-corrected chi connectivity index (χ0v) is 8.86. The minimum atomic E-state index is 0.789. The lowest BCUT2D eigenvalue weighted by molar-refractivity contribution is 0.389. The van der Waals surface area contributed by atoms with E-state index in [1.807, 2.05) is 0 Å². The molecule has 12 heavy (non-hydrogen) atoms. The summed E-state index contributed by atoms with van der Waals surface area (Å²) in [7, 11) is 0. The molecule has 0 spiro atoms. The van der Waals surface area contributed by atoms with Gasteiger partial charge < -0.3 is 5.32 Å². The number of hydrogen-bond donors (Lipinski definition) is 1. The number of hydrogen-bond acceptors (Lipinski definition) is 2. The fourth-order valence-corrected chi connectivity index (χ4v) is 3.41. The Bertz CT molecular complexity index is 156. The van der Waals surface area contributed by atoms with E-state index in [0.29, 0.717) is 0 Å². The zero-order chi connectivity index (χ0) is 8.55. The van der Waals surface area contributed by atoms with E-state index in [9.17, 15) is 0 Å². The predicted octanol–water partition coefficient (Wildman–Crippen LogP) is 2.27. The third kappa shape index (κ3) is 1.80. The fraction of sp³-hybridized carbons (Fsp3) is 1.00. The minimum Gasteiger partial charge on any atom is -0.309 e. The molecule has 70 valence electrons. The van der Waals surface area contributed by atoms with Crippen molar-refractivity contribution < 1.29 is 0 Å². The summed E-state index contributed by atoms with van der Waals surface area (Å²) in [5.41, 5.74) is 0. The average molecular weight is 185 g/mol. The number of thioether (sulfide) groups is 1. The van der Waals surface area contributed by atoms with Crippen LogP contribution < -0.4 is 5.32 Å². The van der Waals surface area contributed by atoms with Crippen LogP contribution in [0.15, 0.2) is 0 Å². The predicted molar refractivity (Wildman–Crippen MR) is 55.6 cm³/mol. The molecule has 0 bridgehead atoms. The van der Waals surface area contributed by atoms with Gasteiger partial charge in [0.05, 0.1) is 0 Å². The summed E-state index contributed by atoms with van der Waals surface area (Å²) in [6.45, 7) is 4.67. The minimum absolute atomic E-state index is 0.789. The summed E-state index contributed by atoms with van der Waals surface area (Å²) in [4.78, 5) is 0. The lowest BCUT2D eigenvalue weighted by atomic mass is 10.1. The van der Waals surface area contributed by atoms with Crippen LogP contribution in [0.3, 0.4) is 0 Å². The van der Waals surface area contributed by atoms with E-state index in [0.717, 1.165) is 23.3 Å². The second-order valence-corrected chi connectivity index (χ2v) is 5.58. The van der Waals surface area contributed by atoms with Crippen molar-refractivity contribution in [2.45, 2.75) is 50.4 Å². The molecule has 0 amide bonds. The largest absolute Gasteiger partial charge is 0.309 e. The third-order valence-corrected chi connectivity index (χ3v) is 4.53. The Balaban J connectivity index is 1.90. The van der Waals surface area contributed by atoms with Crippen molar-refractivity contribution in [3.05, 3.63) is 0 Å². The van der Waals surface area contributed by atoms with Crippen molar-refractivity contribution in [2.24, 2.45) is 5.92 Å². The van der Waals surface area contributed by atoms with E-state index in [1.54, 1.807) is 0 Å². The van der Waals surface area contributed by atoms with Crippen molar-refractivity contribution in [3.8, 4) is 0 Å². The van der Waals surface area contributed by atoms with E-state index >= 15 is 0 Å². The number of rotatable bonds is 2. The van der Waals surface area contributed by atoms with Gasteiger partial charge in [-0.3, -0.25) is 0 Å². The van der Waals surface area contributed by atoms with Gasteiger partial charge in [-0.15, -0.1) is 0 Å². The molecule has 1 aliphatic heterocycles. The Labute approximate surface area is 79.7 Å². The van der Waals surface area contributed by atoms with Gasteiger partial charge in [-0.25, -0.2) is 0 Å². The summed E-state index contributed by atoms with van der Waals surface area (Å²) >= 11 is 2.16. The highest BCUT2D eigenvalue weighted by molar-refractivity contribution is 8.00. The van der Waals surface area contributed by atoms with Gasteiger partial charge in [0.15, 0.2) is 0 Å². The number of nitrogens with one attached hydrogen (secondary N) is 1. The Hall–Kier alpha value is 0.310. The molecule has 3 unspecified atom stereocenters. The molecule has 2 rings (SSSR count). The van der Waals surface area contributed by atoms with Crippen LogP contribution in [0.5, 0.6) is 0 Å². The molecule has 2 heteroatoms. The monoisotopic (exact) mass is 185 g/mol. The summed E-state index contributed by atoms with van der Waals surface area (Å²) in [6.07, 6.45) is 4.24. The molecule has 2 fully saturated rings. The van der Waals surface area contributed by atoms with Gasteiger partial charge in [-0.2, -0.15) is 11.8 Å². The van der Waals surface area contributed by atoms with Gasteiger partial charge in [0.1, 0.15) is 0 Å². The molecule has 3 atom stereocenters. The summed E-state index contributed by atoms with van der Waals surface area (Å²) in [5.74, 6) is 2.34. The van der Waals surface area contributed by atoms with Crippen molar-refractivity contribution in [3.63, 3.8) is 0 Å². The Morgan fingerprint density at radius 1 is 1.42 bits per heavy atom. The van der Waals surface area contributed by atoms with E-state index in [1.165, 1.54) is 25.0 Å². The molecular weight excluding hydrogens is 166 g/mol. The summed E-state index contributed by atoms with van der Waals surface area (Å²) in [6, 6.07) is 1.62. The van der Waals surface area contributed by atoms with Gasteiger partial charge in [-0.05, 0) is 25.2 Å². The van der Waals surface area contributed by atoms with Crippen LogP contribution in [0.25, 0.3) is 0 Å². The standard InChI is InChI=1S/C10H19NS/c1-3-9-6-12-7(2)10(11-9)8-4-5-8/h7-11H,3-6H2,1-2H3. The van der Waals surface area contributed by atoms with E-state index < -0.39 is 0 Å². The maximum Gasteiger partial charge on any atom is 0.0215 e. The van der Waals surface area contributed by atoms with Crippen LogP contribution in [0, 0.1) is 5.92 Å². The fourth-order valence-electron chi connectivity index (χ4n) is 2.04. The van der Waals surface area contributed by atoms with Gasteiger partial charge >= 0.3 is 0 Å². The lowest BCUT2D eigenvalue weighted by Gasteiger charge is -2.35. The second-order valence-electron chi connectivity index (χ2n) is 4.17. The molecule has 1 aliphatic carbocycles. The van der Waals surface area contributed by atoms with Crippen molar-refractivity contribution in [1.82, 2.24) is 5.32 Å². The van der Waals surface area contributed by atoms with Crippen LogP contribution in [0.1, 0.15) is 33.1 Å². The van der Waals surface area contributed by atoms with Crippen LogP contribution in [-0.2, 0) is 0 Å². The van der Waals surface area contributed by atoms with Crippen LogP contribution >= 0.6 is 11.8 Å². The van der Waals surface area contributed by atoms with Crippen LogP contribution in [0.4, 0.5) is 0 Å². The first-order valence-electron chi connectivity index (χ1n) is 5.19. The molecule has 1 saturated heterocycles. The maximum atomic E-state index is 3.79. The Morgan fingerprint density at radius 2 is 2.17 bits per heavy atom. The molecular formula is C10H19NS. The SMILES string of the molecule is CCC1CSC(C)C(C2CC2)N1. The molecule has 1 heterocycles. The molecule has 0 aromatic carbocycles. The molecule has 1 nitrogen and oxygen atoms in total. The summed E-state index contributed by atoms with van der Waals surface area (Å²) < 4.78 is 0. The van der Waals surface area contributed by atoms with Crippen molar-refractivity contribution in [2.75, 3.05) is 5.75 Å². The first-order chi connectivity index (χ1) is 5.81. The third-order valence-electron chi connectivity index (χ3n) is 3.12. The van der Waals surface area contributed by atoms with E-state index in [2.05, 4.69) is 30.9 Å². The smallest absolute Gasteiger partial charge is 0.0215 e. The normalized spacial score (nSPS) is 43.0. The molecule has 1 N–H and O–H groups in total. The van der Waals surface area contributed by atoms with Crippen LogP contribution in [-0.4, -0.2) is 23.1 Å². The van der Waals surface area contributed by atoms with Crippen molar-refractivity contribution >= 4 is 11.8 Å². The van der Waals surface area contributed by atoms with Gasteiger partial charge in [0.2, 0.25) is 0 Å². The highest BCUT2D eigenvalue weighted by Gasteiger charge is 2.38. The highest BCUT2D eigenvalue weighted by Crippen LogP contribution is 2.39. The zero-order valence-electron chi connectivity index (χ0n) is 8.05. The topological polar surface area (TPSA) is 12.0 Å². The average Bonchev–Trinajstić information content (AvgIpc) is 2.88. The van der Waals surface area contributed by atoms with E-state index in [-0.39, 0.29) is 0 Å². The first kappa shape index (κ1) is 8.89. The van der Waals surface area contributed by atoms with Crippen molar-refractivity contribution in [1.29, 1.82) is 0 Å². The second kappa shape index (κ2) is 3.59. The molecule has 1 saturated carbocycles. The maximum absolute atomic E-state index is 3.79. The highest BCUT2D eigenvalue weighted by atomic mass is 32.2. The lowest BCUT2D eigenvalue weighted by Crippen LogP contribution is -2.50. The molecule has 0 aromatic heterocycles. The summed E-state index contributed by atoms with van der Waals surface area (Å²) in [5, 5.41) is 4.64. The Kier molecular flexibility index (Phi) is 2.66. The molecule has 2 aliphatic rings. The quantitative estimate of drug-likeness (QED) is 0.708. The van der Waals surface area contributed by atoms with Gasteiger partial charge in [-0.1, -0.05) is 13.8 Å². The van der Waals surface area contributed by atoms with Gasteiger partial charge in [0, 0.05) is 23.1 Å². The molecule has 0 radical (unpaired) electrons. The van der Waals surface area contributed by atoms with E-state index in [4.69, 9.17) is 0 Å². The van der Waals surface area contributed by atoms with Gasteiger partial charge in [0.25, 0.3) is 0 Å². The Morgan fingerprint density at radius 3 is 2.75 bits per heavy atom. The first-order valence-corrected chi connectivity index (χ1v) is 6.23.